The lowest BCUT2D eigenvalue weighted by Gasteiger charge is -2.36. The number of aryl methyl sites for hydroxylation is 1. The fourth-order valence-corrected chi connectivity index (χ4v) is 4.93. The van der Waals surface area contributed by atoms with Crippen molar-refractivity contribution in [1.29, 1.82) is 0 Å². The summed E-state index contributed by atoms with van der Waals surface area (Å²) >= 11 is 0. The third-order valence-corrected chi connectivity index (χ3v) is 6.98. The van der Waals surface area contributed by atoms with Crippen molar-refractivity contribution >= 4 is 23.9 Å². The van der Waals surface area contributed by atoms with Crippen molar-refractivity contribution < 1.29 is 28.7 Å². The van der Waals surface area contributed by atoms with Gasteiger partial charge in [-0.25, -0.2) is 9.59 Å². The summed E-state index contributed by atoms with van der Waals surface area (Å²) in [6.07, 6.45) is 1.25. The molecule has 0 saturated heterocycles. The molecule has 2 aromatic rings. The molecule has 0 aromatic heterocycles. The van der Waals surface area contributed by atoms with E-state index in [1.807, 2.05) is 82.3 Å². The number of alkyl carbamates (subject to hydrolysis) is 1. The van der Waals surface area contributed by atoms with Crippen LogP contribution in [0.3, 0.4) is 0 Å². The normalized spacial score (nSPS) is 13.7. The van der Waals surface area contributed by atoms with E-state index in [4.69, 9.17) is 9.47 Å². The predicted molar refractivity (Wildman–Crippen MR) is 181 cm³/mol. The second kappa shape index (κ2) is 17.2. The molecule has 3 amide bonds. The molecule has 0 radical (unpaired) electrons. The number of ether oxygens (including phenoxy) is 2. The SMILES string of the molecule is CCCCN(C(=O)C(CC(C)C)NC(=O)OC(C)(C)C)C(C(=O)NC(Cc1ccccc1)C(=O)OC(C)(C)C)c1ccc(C)cc1. The molecule has 0 heterocycles. The summed E-state index contributed by atoms with van der Waals surface area (Å²) < 4.78 is 11.2. The molecule has 0 aliphatic heterocycles. The number of rotatable bonds is 14. The van der Waals surface area contributed by atoms with Gasteiger partial charge in [0, 0.05) is 13.0 Å². The van der Waals surface area contributed by atoms with E-state index in [1.165, 1.54) is 4.90 Å². The summed E-state index contributed by atoms with van der Waals surface area (Å²) in [7, 11) is 0. The lowest BCUT2D eigenvalue weighted by Crippen LogP contribution is -2.55. The van der Waals surface area contributed by atoms with E-state index < -0.39 is 53.2 Å². The van der Waals surface area contributed by atoms with Crippen LogP contribution in [0.2, 0.25) is 0 Å². The standard InChI is InChI=1S/C37H55N3O6/c1-11-12-22-40(33(42)29(23-25(2)3)39-35(44)46-37(8,9)10)31(28-20-18-26(4)19-21-28)32(41)38-30(34(43)45-36(5,6)7)24-27-16-14-13-15-17-27/h13-21,25,29-31H,11-12,22-24H2,1-10H3,(H,38,41)(H,39,44). The first-order valence-electron chi connectivity index (χ1n) is 16.3. The van der Waals surface area contributed by atoms with Gasteiger partial charge in [-0.15, -0.1) is 0 Å². The van der Waals surface area contributed by atoms with Gasteiger partial charge in [0.25, 0.3) is 0 Å². The van der Waals surface area contributed by atoms with E-state index in [1.54, 1.807) is 41.5 Å². The average molecular weight is 638 g/mol. The number of nitrogens with one attached hydrogen (secondary N) is 2. The molecule has 9 heteroatoms. The number of carbonyl (C=O) groups is 4. The van der Waals surface area contributed by atoms with Crippen LogP contribution >= 0.6 is 0 Å². The van der Waals surface area contributed by atoms with Crippen LogP contribution in [0.1, 0.15) is 104 Å². The van der Waals surface area contributed by atoms with E-state index >= 15 is 0 Å². The highest BCUT2D eigenvalue weighted by Crippen LogP contribution is 2.26. The molecule has 9 nitrogen and oxygen atoms in total. The van der Waals surface area contributed by atoms with Gasteiger partial charge in [-0.1, -0.05) is 87.4 Å². The summed E-state index contributed by atoms with van der Waals surface area (Å²) in [6, 6.07) is 13.8. The van der Waals surface area contributed by atoms with Gasteiger partial charge < -0.3 is 25.0 Å². The fraction of sp³-hybridized carbons (Fsp3) is 0.568. The van der Waals surface area contributed by atoms with Crippen LogP contribution in [0.5, 0.6) is 0 Å². The second-order valence-corrected chi connectivity index (χ2v) is 14.3. The van der Waals surface area contributed by atoms with Crippen molar-refractivity contribution in [1.82, 2.24) is 15.5 Å². The van der Waals surface area contributed by atoms with Crippen LogP contribution in [0.25, 0.3) is 0 Å². The molecule has 3 atom stereocenters. The zero-order chi connectivity index (χ0) is 34.7. The average Bonchev–Trinajstić information content (AvgIpc) is 2.93. The Hall–Kier alpha value is -3.88. The van der Waals surface area contributed by atoms with Gasteiger partial charge in [0.1, 0.15) is 29.3 Å². The molecule has 0 fully saturated rings. The van der Waals surface area contributed by atoms with Gasteiger partial charge in [0.15, 0.2) is 0 Å². The number of amides is 3. The van der Waals surface area contributed by atoms with Crippen LogP contribution < -0.4 is 10.6 Å². The molecule has 0 spiro atoms. The van der Waals surface area contributed by atoms with E-state index in [2.05, 4.69) is 10.6 Å². The van der Waals surface area contributed by atoms with Crippen molar-refractivity contribution in [3.05, 3.63) is 71.3 Å². The Bertz CT molecular complexity index is 1280. The summed E-state index contributed by atoms with van der Waals surface area (Å²) in [5.74, 6) is -1.42. The van der Waals surface area contributed by atoms with Crippen LogP contribution in [0, 0.1) is 12.8 Å². The minimum Gasteiger partial charge on any atom is -0.458 e. The van der Waals surface area contributed by atoms with Gasteiger partial charge in [-0.3, -0.25) is 9.59 Å². The molecule has 3 unspecified atom stereocenters. The van der Waals surface area contributed by atoms with E-state index in [0.29, 0.717) is 18.4 Å². The van der Waals surface area contributed by atoms with Crippen molar-refractivity contribution in [3.8, 4) is 0 Å². The molecule has 2 aromatic carbocycles. The second-order valence-electron chi connectivity index (χ2n) is 14.3. The zero-order valence-electron chi connectivity index (χ0n) is 29.4. The summed E-state index contributed by atoms with van der Waals surface area (Å²) in [6.45, 7) is 18.8. The Kier molecular flexibility index (Phi) is 14.3. The van der Waals surface area contributed by atoms with Crippen molar-refractivity contribution in [2.75, 3.05) is 6.54 Å². The van der Waals surface area contributed by atoms with Gasteiger partial charge in [0.2, 0.25) is 11.8 Å². The minimum absolute atomic E-state index is 0.0611. The smallest absolute Gasteiger partial charge is 0.408 e. The van der Waals surface area contributed by atoms with Crippen LogP contribution in [0.4, 0.5) is 4.79 Å². The largest absolute Gasteiger partial charge is 0.458 e. The highest BCUT2D eigenvalue weighted by Gasteiger charge is 2.38. The Morgan fingerprint density at radius 3 is 1.91 bits per heavy atom. The van der Waals surface area contributed by atoms with Crippen molar-refractivity contribution in [2.24, 2.45) is 5.92 Å². The molecule has 0 aliphatic carbocycles. The number of hydrogen-bond donors (Lipinski definition) is 2. The number of unbranched alkanes of at least 4 members (excludes halogenated alkanes) is 1. The van der Waals surface area contributed by atoms with Crippen molar-refractivity contribution in [2.45, 2.75) is 124 Å². The molecule has 46 heavy (non-hydrogen) atoms. The predicted octanol–water partition coefficient (Wildman–Crippen LogP) is 6.67. The fourth-order valence-electron chi connectivity index (χ4n) is 4.93. The molecule has 254 valence electrons. The molecule has 0 saturated carbocycles. The maximum Gasteiger partial charge on any atom is 0.408 e. The van der Waals surface area contributed by atoms with Gasteiger partial charge in [0.05, 0.1) is 0 Å². The first kappa shape index (κ1) is 38.3. The Morgan fingerprint density at radius 2 is 1.39 bits per heavy atom. The number of esters is 1. The number of nitrogens with zero attached hydrogens (tertiary/aromatic N) is 1. The van der Waals surface area contributed by atoms with E-state index in [9.17, 15) is 19.2 Å². The summed E-state index contributed by atoms with van der Waals surface area (Å²) in [5.41, 5.74) is 0.915. The quantitative estimate of drug-likeness (QED) is 0.224. The monoisotopic (exact) mass is 637 g/mol. The molecular formula is C37H55N3O6. The lowest BCUT2D eigenvalue weighted by molar-refractivity contribution is -0.159. The highest BCUT2D eigenvalue weighted by molar-refractivity contribution is 5.94. The Balaban J connectivity index is 2.59. The first-order valence-corrected chi connectivity index (χ1v) is 16.3. The third-order valence-electron chi connectivity index (χ3n) is 6.98. The Morgan fingerprint density at radius 1 is 0.804 bits per heavy atom. The maximum atomic E-state index is 14.5. The zero-order valence-corrected chi connectivity index (χ0v) is 29.4. The van der Waals surface area contributed by atoms with E-state index in [-0.39, 0.29) is 18.9 Å². The molecule has 0 bridgehead atoms. The van der Waals surface area contributed by atoms with Crippen LogP contribution in [-0.2, 0) is 30.3 Å². The summed E-state index contributed by atoms with van der Waals surface area (Å²) in [5, 5.41) is 5.72. The van der Waals surface area contributed by atoms with E-state index in [0.717, 1.165) is 17.5 Å². The molecule has 2 N–H and O–H groups in total. The lowest BCUT2D eigenvalue weighted by atomic mass is 9.97. The molecule has 2 rings (SSSR count). The van der Waals surface area contributed by atoms with Gasteiger partial charge in [-0.2, -0.15) is 0 Å². The topological polar surface area (TPSA) is 114 Å². The molecule has 0 aliphatic rings. The van der Waals surface area contributed by atoms with Crippen LogP contribution in [-0.4, -0.2) is 58.6 Å². The number of hydrogen-bond acceptors (Lipinski definition) is 6. The van der Waals surface area contributed by atoms with Gasteiger partial charge in [-0.05, 0) is 78.4 Å². The van der Waals surface area contributed by atoms with Crippen LogP contribution in [0.15, 0.2) is 54.6 Å². The number of carbonyl (C=O) groups excluding carboxylic acids is 4. The molecular weight excluding hydrogens is 582 g/mol. The first-order chi connectivity index (χ1) is 21.4. The summed E-state index contributed by atoms with van der Waals surface area (Å²) in [4.78, 5) is 56.8. The number of benzene rings is 2. The highest BCUT2D eigenvalue weighted by atomic mass is 16.6. The minimum atomic E-state index is -1.07. The Labute approximate surface area is 275 Å². The van der Waals surface area contributed by atoms with Crippen molar-refractivity contribution in [3.63, 3.8) is 0 Å². The van der Waals surface area contributed by atoms with Gasteiger partial charge >= 0.3 is 12.1 Å². The third kappa shape index (κ3) is 13.2. The maximum absolute atomic E-state index is 14.5.